The predicted molar refractivity (Wildman–Crippen MR) is 57.9 cm³/mol. The lowest BCUT2D eigenvalue weighted by Gasteiger charge is -1.98. The minimum Gasteiger partial charge on any atom is -0.389 e. The molecule has 0 bridgehead atoms. The molecule has 15 heavy (non-hydrogen) atoms. The lowest BCUT2D eigenvalue weighted by atomic mass is 10.1. The van der Waals surface area contributed by atoms with Gasteiger partial charge in [0, 0.05) is 11.6 Å². The van der Waals surface area contributed by atoms with Gasteiger partial charge in [0.25, 0.3) is 0 Å². The van der Waals surface area contributed by atoms with Crippen molar-refractivity contribution in [3.8, 4) is 0 Å². The minimum absolute atomic E-state index is 0.563. The molecule has 0 saturated heterocycles. The van der Waals surface area contributed by atoms with Gasteiger partial charge in [0.1, 0.15) is 5.83 Å². The molecule has 1 heterocycles. The maximum Gasteiger partial charge on any atom is 0.126 e. The summed E-state index contributed by atoms with van der Waals surface area (Å²) in [6.07, 6.45) is 2.86. The predicted octanol–water partition coefficient (Wildman–Crippen LogP) is 2.54. The van der Waals surface area contributed by atoms with Gasteiger partial charge in [0.05, 0.1) is 12.1 Å². The second kappa shape index (κ2) is 4.19. The highest BCUT2D eigenvalue weighted by Crippen LogP contribution is 2.14. The Morgan fingerprint density at radius 1 is 1.40 bits per heavy atom. The maximum absolute atomic E-state index is 12.8. The number of halogens is 1. The summed E-state index contributed by atoms with van der Waals surface area (Å²) in [5, 5.41) is 9.50. The lowest BCUT2D eigenvalue weighted by Crippen LogP contribution is -1.84. The molecule has 1 aromatic carbocycles. The number of rotatable bonds is 2. The third-order valence-corrected chi connectivity index (χ3v) is 2.09. The van der Waals surface area contributed by atoms with Gasteiger partial charge in [0.2, 0.25) is 0 Å². The van der Waals surface area contributed by atoms with Crippen LogP contribution in [0.4, 0.5) is 4.39 Å². The van der Waals surface area contributed by atoms with E-state index >= 15 is 0 Å². The zero-order chi connectivity index (χ0) is 10.7. The molecule has 0 atom stereocenters. The zero-order valence-corrected chi connectivity index (χ0v) is 8.02. The van der Waals surface area contributed by atoms with Crippen LogP contribution in [0.15, 0.2) is 42.4 Å². The molecule has 1 N–H and O–H groups in total. The monoisotopic (exact) mass is 203 g/mol. The summed E-state index contributed by atoms with van der Waals surface area (Å²) in [5.74, 6) is -0.563. The summed E-state index contributed by atoms with van der Waals surface area (Å²) in [7, 11) is 0. The first-order valence-corrected chi connectivity index (χ1v) is 4.61. The fourth-order valence-corrected chi connectivity index (χ4v) is 1.39. The molecule has 3 heteroatoms. The molecular weight excluding hydrogens is 193 g/mol. The molecule has 0 unspecified atom stereocenters. The highest BCUT2D eigenvalue weighted by atomic mass is 19.1. The highest BCUT2D eigenvalue weighted by Gasteiger charge is 1.97. The molecule has 76 valence electrons. The first-order chi connectivity index (χ1) is 7.29. The van der Waals surface area contributed by atoms with E-state index in [1.807, 2.05) is 30.3 Å². The second-order valence-corrected chi connectivity index (χ2v) is 3.21. The Hall–Kier alpha value is -1.74. The van der Waals surface area contributed by atoms with Gasteiger partial charge in [-0.05, 0) is 23.8 Å². The van der Waals surface area contributed by atoms with Crippen molar-refractivity contribution in [1.29, 1.82) is 0 Å². The third kappa shape index (κ3) is 2.19. The van der Waals surface area contributed by atoms with Gasteiger partial charge in [-0.1, -0.05) is 18.2 Å². The Morgan fingerprint density at radius 2 is 2.20 bits per heavy atom. The van der Waals surface area contributed by atoms with Crippen molar-refractivity contribution in [2.75, 3.05) is 6.61 Å². The van der Waals surface area contributed by atoms with Crippen molar-refractivity contribution < 1.29 is 9.50 Å². The average Bonchev–Trinajstić information content (AvgIpc) is 2.29. The van der Waals surface area contributed by atoms with Gasteiger partial charge < -0.3 is 5.11 Å². The molecular formula is C12H10FNO. The number of benzene rings is 1. The van der Waals surface area contributed by atoms with Crippen LogP contribution in [-0.2, 0) is 0 Å². The van der Waals surface area contributed by atoms with Gasteiger partial charge in [-0.3, -0.25) is 4.98 Å². The molecule has 0 saturated carbocycles. The number of pyridine rings is 1. The van der Waals surface area contributed by atoms with Gasteiger partial charge in [0.15, 0.2) is 0 Å². The zero-order valence-electron chi connectivity index (χ0n) is 8.02. The van der Waals surface area contributed by atoms with E-state index in [-0.39, 0.29) is 0 Å². The molecule has 0 aliphatic rings. The molecule has 2 nitrogen and oxygen atoms in total. The van der Waals surface area contributed by atoms with Crippen LogP contribution in [-0.4, -0.2) is 16.7 Å². The van der Waals surface area contributed by atoms with E-state index in [2.05, 4.69) is 4.98 Å². The molecule has 0 fully saturated rings. The van der Waals surface area contributed by atoms with Crippen LogP contribution in [0.25, 0.3) is 17.0 Å². The van der Waals surface area contributed by atoms with E-state index in [1.165, 1.54) is 6.08 Å². The molecule has 1 aromatic heterocycles. The number of fused-ring (bicyclic) bond motifs is 1. The number of hydrogen-bond acceptors (Lipinski definition) is 2. The molecule has 0 spiro atoms. The molecule has 0 aliphatic heterocycles. The van der Waals surface area contributed by atoms with E-state index in [0.717, 1.165) is 10.9 Å². The van der Waals surface area contributed by atoms with Crippen LogP contribution >= 0.6 is 0 Å². The molecule has 0 radical (unpaired) electrons. The molecule has 2 rings (SSSR count). The number of nitrogens with zero attached hydrogens (tertiary/aromatic N) is 1. The van der Waals surface area contributed by atoms with Crippen molar-refractivity contribution in [2.45, 2.75) is 0 Å². The van der Waals surface area contributed by atoms with Gasteiger partial charge in [-0.25, -0.2) is 4.39 Å². The molecule has 0 amide bonds. The van der Waals surface area contributed by atoms with Crippen LogP contribution in [0.3, 0.4) is 0 Å². The number of hydrogen-bond donors (Lipinski definition) is 1. The quantitative estimate of drug-likeness (QED) is 0.813. The standard InChI is InChI=1S/C12H10FNO/c13-11(8-15)6-9-5-10-3-1-2-4-12(10)14-7-9/h1-7,15H,8H2/b11-6-. The summed E-state index contributed by atoms with van der Waals surface area (Å²) in [5.41, 5.74) is 1.53. The molecule has 2 aromatic rings. The van der Waals surface area contributed by atoms with Crippen molar-refractivity contribution in [3.05, 3.63) is 47.9 Å². The van der Waals surface area contributed by atoms with Crippen LogP contribution in [0, 0.1) is 0 Å². The Labute approximate surface area is 86.7 Å². The summed E-state index contributed by atoms with van der Waals surface area (Å²) < 4.78 is 12.8. The van der Waals surface area contributed by atoms with E-state index in [9.17, 15) is 4.39 Å². The van der Waals surface area contributed by atoms with Gasteiger partial charge in [-0.15, -0.1) is 0 Å². The number of para-hydroxylation sites is 1. The fourth-order valence-electron chi connectivity index (χ4n) is 1.39. The van der Waals surface area contributed by atoms with Crippen molar-refractivity contribution in [3.63, 3.8) is 0 Å². The summed E-state index contributed by atoms with van der Waals surface area (Å²) in [6, 6.07) is 9.44. The van der Waals surface area contributed by atoms with Gasteiger partial charge >= 0.3 is 0 Å². The summed E-state index contributed by atoms with van der Waals surface area (Å²) >= 11 is 0. The average molecular weight is 203 g/mol. The fraction of sp³-hybridized carbons (Fsp3) is 0.0833. The topological polar surface area (TPSA) is 33.1 Å². The normalized spacial score (nSPS) is 12.0. The summed E-state index contributed by atoms with van der Waals surface area (Å²) in [4.78, 5) is 4.18. The van der Waals surface area contributed by atoms with Gasteiger partial charge in [-0.2, -0.15) is 0 Å². The first kappa shape index (κ1) is 9.80. The Bertz CT molecular complexity index is 508. The van der Waals surface area contributed by atoms with Crippen LogP contribution in [0.2, 0.25) is 0 Å². The van der Waals surface area contributed by atoms with E-state index in [0.29, 0.717) is 5.56 Å². The smallest absolute Gasteiger partial charge is 0.126 e. The van der Waals surface area contributed by atoms with E-state index in [4.69, 9.17) is 5.11 Å². The SMILES string of the molecule is OC/C(F)=C/c1cnc2ccccc2c1. The minimum atomic E-state index is -0.577. The Balaban J connectivity index is 2.47. The maximum atomic E-state index is 12.8. The lowest BCUT2D eigenvalue weighted by molar-refractivity contribution is 0.300. The van der Waals surface area contributed by atoms with Crippen molar-refractivity contribution in [1.82, 2.24) is 4.98 Å². The number of aromatic nitrogens is 1. The summed E-state index contributed by atoms with van der Waals surface area (Å²) in [6.45, 7) is -0.577. The van der Waals surface area contributed by atoms with Crippen LogP contribution < -0.4 is 0 Å². The van der Waals surface area contributed by atoms with Crippen molar-refractivity contribution >= 4 is 17.0 Å². The highest BCUT2D eigenvalue weighted by molar-refractivity contribution is 5.80. The second-order valence-electron chi connectivity index (χ2n) is 3.21. The van der Waals surface area contributed by atoms with E-state index in [1.54, 1.807) is 6.20 Å². The van der Waals surface area contributed by atoms with Crippen LogP contribution in [0.1, 0.15) is 5.56 Å². The molecule has 0 aliphatic carbocycles. The number of aliphatic hydroxyl groups is 1. The van der Waals surface area contributed by atoms with Crippen molar-refractivity contribution in [2.24, 2.45) is 0 Å². The van der Waals surface area contributed by atoms with Crippen LogP contribution in [0.5, 0.6) is 0 Å². The Morgan fingerprint density at radius 3 is 3.00 bits per heavy atom. The largest absolute Gasteiger partial charge is 0.389 e. The first-order valence-electron chi connectivity index (χ1n) is 4.61. The Kier molecular flexibility index (Phi) is 2.74. The number of aliphatic hydroxyl groups excluding tert-OH is 1. The van der Waals surface area contributed by atoms with E-state index < -0.39 is 12.4 Å². The third-order valence-electron chi connectivity index (χ3n) is 2.09.